The molecule has 0 fully saturated rings. The molecule has 2 N–H and O–H groups in total. The summed E-state index contributed by atoms with van der Waals surface area (Å²) in [6, 6.07) is 6.86. The number of nitrogen functional groups attached to an aromatic ring is 1. The Morgan fingerprint density at radius 3 is 2.50 bits per heavy atom. The molecule has 0 amide bonds. The Kier molecular flexibility index (Phi) is 3.96. The zero-order valence-electron chi connectivity index (χ0n) is 10.1. The molecule has 0 aliphatic carbocycles. The first kappa shape index (κ1) is 14.7. The quantitative estimate of drug-likeness (QED) is 0.884. The lowest BCUT2D eigenvalue weighted by atomic mass is 10.2. The van der Waals surface area contributed by atoms with Crippen molar-refractivity contribution < 1.29 is 17.2 Å². The van der Waals surface area contributed by atoms with Crippen LogP contribution in [0.2, 0.25) is 5.02 Å². The average molecular weight is 318 g/mol. The molecule has 3 nitrogen and oxygen atoms in total. The topological polar surface area (TPSA) is 60.2 Å². The van der Waals surface area contributed by atoms with E-state index in [4.69, 9.17) is 17.3 Å². The second-order valence-electron chi connectivity index (χ2n) is 4.15. The number of halogens is 3. The molecule has 106 valence electrons. The summed E-state index contributed by atoms with van der Waals surface area (Å²) in [4.78, 5) is -0.273. The first-order valence-corrected chi connectivity index (χ1v) is 7.55. The van der Waals surface area contributed by atoms with Crippen LogP contribution in [0.4, 0.5) is 14.5 Å². The van der Waals surface area contributed by atoms with Gasteiger partial charge in [0.2, 0.25) is 0 Å². The molecular formula is C13H10ClF2NO2S. The van der Waals surface area contributed by atoms with E-state index in [0.717, 1.165) is 18.2 Å². The molecule has 0 saturated carbocycles. The Hall–Kier alpha value is -1.66. The second-order valence-corrected chi connectivity index (χ2v) is 6.49. The van der Waals surface area contributed by atoms with Crippen LogP contribution in [0, 0.1) is 11.6 Å². The fourth-order valence-corrected chi connectivity index (χ4v) is 3.89. The Morgan fingerprint density at radius 2 is 1.85 bits per heavy atom. The number of anilines is 1. The van der Waals surface area contributed by atoms with Crippen LogP contribution in [-0.4, -0.2) is 8.42 Å². The highest BCUT2D eigenvalue weighted by atomic mass is 35.5. The van der Waals surface area contributed by atoms with Crippen molar-refractivity contribution in [1.82, 2.24) is 0 Å². The van der Waals surface area contributed by atoms with Gasteiger partial charge in [-0.3, -0.25) is 0 Å². The zero-order chi connectivity index (χ0) is 14.9. The van der Waals surface area contributed by atoms with Gasteiger partial charge in [-0.2, -0.15) is 0 Å². The van der Waals surface area contributed by atoms with Crippen LogP contribution < -0.4 is 5.73 Å². The highest BCUT2D eigenvalue weighted by Crippen LogP contribution is 2.30. The van der Waals surface area contributed by atoms with Crippen LogP contribution in [0.25, 0.3) is 0 Å². The van der Waals surface area contributed by atoms with Gasteiger partial charge in [-0.15, -0.1) is 0 Å². The average Bonchev–Trinajstić information content (AvgIpc) is 2.33. The molecule has 7 heteroatoms. The molecule has 0 unspecified atom stereocenters. The van der Waals surface area contributed by atoms with E-state index < -0.39 is 27.2 Å². The monoisotopic (exact) mass is 317 g/mol. The van der Waals surface area contributed by atoms with Gasteiger partial charge in [0, 0.05) is 5.56 Å². The number of nitrogens with two attached hydrogens (primary N) is 1. The van der Waals surface area contributed by atoms with Crippen molar-refractivity contribution in [3.05, 3.63) is 58.6 Å². The summed E-state index contributed by atoms with van der Waals surface area (Å²) in [6.45, 7) is 0. The van der Waals surface area contributed by atoms with E-state index >= 15 is 0 Å². The summed E-state index contributed by atoms with van der Waals surface area (Å²) in [5, 5.41) is -0.0539. The Balaban J connectivity index is 2.49. The molecule has 0 spiro atoms. The predicted molar refractivity (Wildman–Crippen MR) is 73.1 cm³/mol. The fourth-order valence-electron chi connectivity index (χ4n) is 1.78. The third-order valence-electron chi connectivity index (χ3n) is 2.66. The lowest BCUT2D eigenvalue weighted by molar-refractivity contribution is 0.579. The highest BCUT2D eigenvalue weighted by molar-refractivity contribution is 7.91. The number of benzene rings is 2. The van der Waals surface area contributed by atoms with E-state index in [-0.39, 0.29) is 21.2 Å². The maximum atomic E-state index is 13.5. The molecule has 0 aliphatic heterocycles. The Morgan fingerprint density at radius 1 is 1.15 bits per heavy atom. The molecule has 0 radical (unpaired) electrons. The SMILES string of the molecule is Nc1cccc(Cl)c1S(=O)(=O)Cc1cc(F)ccc1F. The smallest absolute Gasteiger partial charge is 0.186 e. The minimum atomic E-state index is -3.98. The van der Waals surface area contributed by atoms with Gasteiger partial charge < -0.3 is 5.73 Å². The maximum absolute atomic E-state index is 13.5. The van der Waals surface area contributed by atoms with Gasteiger partial charge in [-0.25, -0.2) is 17.2 Å². The van der Waals surface area contributed by atoms with E-state index in [1.807, 2.05) is 0 Å². The summed E-state index contributed by atoms with van der Waals surface area (Å²) in [7, 11) is -3.98. The molecule has 2 rings (SSSR count). The van der Waals surface area contributed by atoms with Crippen molar-refractivity contribution in [2.24, 2.45) is 0 Å². The van der Waals surface area contributed by atoms with E-state index in [1.165, 1.54) is 18.2 Å². The van der Waals surface area contributed by atoms with Crippen molar-refractivity contribution >= 4 is 27.1 Å². The van der Waals surface area contributed by atoms with Gasteiger partial charge >= 0.3 is 0 Å². The molecule has 0 heterocycles. The van der Waals surface area contributed by atoms with Gasteiger partial charge in [0.15, 0.2) is 9.84 Å². The first-order valence-electron chi connectivity index (χ1n) is 5.52. The minimum Gasteiger partial charge on any atom is -0.398 e. The summed E-state index contributed by atoms with van der Waals surface area (Å²) < 4.78 is 51.1. The molecule has 2 aromatic rings. The normalized spacial score (nSPS) is 11.6. The van der Waals surface area contributed by atoms with Crippen LogP contribution in [0.3, 0.4) is 0 Å². The van der Waals surface area contributed by atoms with Crippen LogP contribution >= 0.6 is 11.6 Å². The minimum absolute atomic E-state index is 0.0330. The maximum Gasteiger partial charge on any atom is 0.186 e. The van der Waals surface area contributed by atoms with E-state index in [1.54, 1.807) is 0 Å². The van der Waals surface area contributed by atoms with Crippen molar-refractivity contribution in [2.75, 3.05) is 5.73 Å². The van der Waals surface area contributed by atoms with Crippen LogP contribution in [0.1, 0.15) is 5.56 Å². The van der Waals surface area contributed by atoms with E-state index in [0.29, 0.717) is 0 Å². The van der Waals surface area contributed by atoms with Crippen LogP contribution in [-0.2, 0) is 15.6 Å². The first-order chi connectivity index (χ1) is 9.31. The summed E-state index contributed by atoms with van der Waals surface area (Å²) >= 11 is 5.82. The predicted octanol–water partition coefficient (Wildman–Crippen LogP) is 3.17. The molecule has 0 bridgehead atoms. The molecular weight excluding hydrogens is 308 g/mol. The fraction of sp³-hybridized carbons (Fsp3) is 0.0769. The number of rotatable bonds is 3. The molecule has 20 heavy (non-hydrogen) atoms. The molecule has 0 saturated heterocycles. The summed E-state index contributed by atoms with van der Waals surface area (Å²) in [5.41, 5.74) is 5.29. The van der Waals surface area contributed by atoms with Gasteiger partial charge in [0.05, 0.1) is 16.5 Å². The molecule has 0 atom stereocenters. The van der Waals surface area contributed by atoms with Gasteiger partial charge in [0.1, 0.15) is 16.5 Å². The second kappa shape index (κ2) is 5.38. The van der Waals surface area contributed by atoms with Crippen molar-refractivity contribution in [2.45, 2.75) is 10.6 Å². The molecule has 0 aromatic heterocycles. The third-order valence-corrected chi connectivity index (χ3v) is 4.86. The van der Waals surface area contributed by atoms with E-state index in [2.05, 4.69) is 0 Å². The summed E-state index contributed by atoms with van der Waals surface area (Å²) in [6.07, 6.45) is 0. The van der Waals surface area contributed by atoms with Crippen LogP contribution in [0.15, 0.2) is 41.3 Å². The zero-order valence-corrected chi connectivity index (χ0v) is 11.7. The van der Waals surface area contributed by atoms with Crippen molar-refractivity contribution in [1.29, 1.82) is 0 Å². The molecule has 0 aliphatic rings. The van der Waals surface area contributed by atoms with Crippen LogP contribution in [0.5, 0.6) is 0 Å². The standard InChI is InChI=1S/C13H10ClF2NO2S/c14-10-2-1-3-12(17)13(10)20(18,19)7-8-6-9(15)4-5-11(8)16/h1-6H,7,17H2. The Bertz CT molecular complexity index is 743. The summed E-state index contributed by atoms with van der Waals surface area (Å²) in [5.74, 6) is -2.24. The lowest BCUT2D eigenvalue weighted by Gasteiger charge is -2.10. The third kappa shape index (κ3) is 2.91. The lowest BCUT2D eigenvalue weighted by Crippen LogP contribution is -2.10. The van der Waals surface area contributed by atoms with E-state index in [9.17, 15) is 17.2 Å². The number of hydrogen-bond donors (Lipinski definition) is 1. The highest BCUT2D eigenvalue weighted by Gasteiger charge is 2.23. The van der Waals surface area contributed by atoms with Crippen molar-refractivity contribution in [3.63, 3.8) is 0 Å². The van der Waals surface area contributed by atoms with Gasteiger partial charge in [0.25, 0.3) is 0 Å². The largest absolute Gasteiger partial charge is 0.398 e. The Labute approximate surface area is 119 Å². The number of sulfone groups is 1. The van der Waals surface area contributed by atoms with Crippen molar-refractivity contribution in [3.8, 4) is 0 Å². The molecule has 2 aromatic carbocycles. The van der Waals surface area contributed by atoms with Gasteiger partial charge in [-0.05, 0) is 30.3 Å². The van der Waals surface area contributed by atoms with Gasteiger partial charge in [-0.1, -0.05) is 17.7 Å². The number of hydrogen-bond acceptors (Lipinski definition) is 3.